The zero-order chi connectivity index (χ0) is 23.8. The van der Waals surface area contributed by atoms with E-state index in [1.807, 2.05) is 67.7 Å². The molecule has 0 spiro atoms. The number of aliphatic imine (C=N–C) groups is 1. The van der Waals surface area contributed by atoms with Crippen LogP contribution in [-0.4, -0.2) is 43.2 Å². The van der Waals surface area contributed by atoms with Crippen LogP contribution in [0.15, 0.2) is 88.8 Å². The van der Waals surface area contributed by atoms with Crippen LogP contribution in [0.1, 0.15) is 18.1 Å². The van der Waals surface area contributed by atoms with Gasteiger partial charge >= 0.3 is 0 Å². The van der Waals surface area contributed by atoms with Crippen molar-refractivity contribution in [1.29, 1.82) is 0 Å². The molecule has 1 heterocycles. The van der Waals surface area contributed by atoms with Crippen molar-refractivity contribution >= 4 is 28.7 Å². The molecule has 6 heteroatoms. The number of aliphatic hydroxyl groups excluding tert-OH is 1. The summed E-state index contributed by atoms with van der Waals surface area (Å²) in [7, 11) is 2.01. The Morgan fingerprint density at radius 2 is 1.68 bits per heavy atom. The number of hydrogen-bond donors (Lipinski definition) is 1. The third-order valence-electron chi connectivity index (χ3n) is 5.42. The molecule has 4 rings (SSSR count). The van der Waals surface area contributed by atoms with Gasteiger partial charge in [0.2, 0.25) is 0 Å². The highest BCUT2D eigenvalue weighted by atomic mass is 32.2. The van der Waals surface area contributed by atoms with Crippen molar-refractivity contribution in [2.24, 2.45) is 4.99 Å². The Labute approximate surface area is 205 Å². The lowest BCUT2D eigenvalue weighted by Gasteiger charge is -2.23. The summed E-state index contributed by atoms with van der Waals surface area (Å²) in [6.45, 7) is 3.53. The van der Waals surface area contributed by atoms with Gasteiger partial charge in [-0.2, -0.15) is 0 Å². The number of thioether (sulfide) groups is 1. The average Bonchev–Trinajstić information content (AvgIpc) is 2.88. The molecule has 176 valence electrons. The van der Waals surface area contributed by atoms with Gasteiger partial charge in [-0.3, -0.25) is 4.99 Å². The lowest BCUT2D eigenvalue weighted by atomic mass is 10.1. The summed E-state index contributed by atoms with van der Waals surface area (Å²) in [5.74, 6) is 1.48. The quantitative estimate of drug-likeness (QED) is 0.354. The summed E-state index contributed by atoms with van der Waals surface area (Å²) >= 11 is 1.48. The number of aliphatic hydroxyl groups is 1. The lowest BCUT2D eigenvalue weighted by Crippen LogP contribution is -2.25. The fourth-order valence-electron chi connectivity index (χ4n) is 3.55. The zero-order valence-electron chi connectivity index (χ0n) is 19.6. The monoisotopic (exact) mass is 474 g/mol. The Balaban J connectivity index is 1.59. The van der Waals surface area contributed by atoms with Gasteiger partial charge in [-0.05, 0) is 54.8 Å². The van der Waals surface area contributed by atoms with Gasteiger partial charge in [0, 0.05) is 24.2 Å². The molecule has 1 aliphatic heterocycles. The van der Waals surface area contributed by atoms with E-state index in [-0.39, 0.29) is 0 Å². The third kappa shape index (κ3) is 6.43. The maximum absolute atomic E-state index is 10.6. The fourth-order valence-corrected chi connectivity index (χ4v) is 4.52. The number of nitrogens with zero attached hydrogens (tertiary/aromatic N) is 2. The number of para-hydroxylation sites is 1. The van der Waals surface area contributed by atoms with Crippen LogP contribution >= 0.6 is 11.8 Å². The van der Waals surface area contributed by atoms with Crippen molar-refractivity contribution in [2.75, 3.05) is 31.7 Å². The molecular formula is C28H30N2O3S. The summed E-state index contributed by atoms with van der Waals surface area (Å²) < 4.78 is 11.4. The minimum absolute atomic E-state index is 0.540. The van der Waals surface area contributed by atoms with Gasteiger partial charge < -0.3 is 19.5 Å². The van der Waals surface area contributed by atoms with Crippen LogP contribution in [0.25, 0.3) is 6.08 Å². The van der Waals surface area contributed by atoms with E-state index in [1.165, 1.54) is 17.3 Å². The van der Waals surface area contributed by atoms with Crippen LogP contribution in [0.3, 0.4) is 0 Å². The van der Waals surface area contributed by atoms with Crippen molar-refractivity contribution in [1.82, 2.24) is 0 Å². The highest BCUT2D eigenvalue weighted by Gasteiger charge is 2.17. The SMILES string of the molecule is CC(O)/C(=C/c1ccc2c(c1)OCCO2)SC(=NCCc1ccccc1)N(C)c1ccccc1. The Bertz CT molecular complexity index is 1130. The van der Waals surface area contributed by atoms with E-state index in [1.54, 1.807) is 6.92 Å². The number of anilines is 1. The molecule has 3 aromatic carbocycles. The Morgan fingerprint density at radius 3 is 2.38 bits per heavy atom. The molecule has 0 saturated heterocycles. The second kappa shape index (κ2) is 11.8. The lowest BCUT2D eigenvalue weighted by molar-refractivity contribution is 0.171. The second-order valence-electron chi connectivity index (χ2n) is 8.02. The van der Waals surface area contributed by atoms with Crippen LogP contribution in [0, 0.1) is 0 Å². The average molecular weight is 475 g/mol. The molecule has 1 atom stereocenters. The fraction of sp³-hybridized carbons (Fsp3) is 0.250. The van der Waals surface area contributed by atoms with E-state index in [9.17, 15) is 5.11 Å². The number of hydrogen-bond acceptors (Lipinski definition) is 5. The van der Waals surface area contributed by atoms with Gasteiger partial charge in [-0.15, -0.1) is 0 Å². The topological polar surface area (TPSA) is 54.3 Å². The van der Waals surface area contributed by atoms with Crippen LogP contribution in [0.4, 0.5) is 5.69 Å². The first kappa shape index (κ1) is 23.9. The van der Waals surface area contributed by atoms with E-state index < -0.39 is 6.10 Å². The smallest absolute Gasteiger partial charge is 0.168 e. The largest absolute Gasteiger partial charge is 0.486 e. The van der Waals surface area contributed by atoms with E-state index >= 15 is 0 Å². The van der Waals surface area contributed by atoms with E-state index in [0.717, 1.165) is 39.2 Å². The molecule has 0 bridgehead atoms. The van der Waals surface area contributed by atoms with Crippen LogP contribution in [0.5, 0.6) is 11.5 Å². The predicted octanol–water partition coefficient (Wildman–Crippen LogP) is 5.65. The Hall–Kier alpha value is -3.22. The van der Waals surface area contributed by atoms with Gasteiger partial charge in [0.1, 0.15) is 13.2 Å². The summed E-state index contributed by atoms with van der Waals surface area (Å²) in [4.78, 5) is 7.81. The predicted molar refractivity (Wildman–Crippen MR) is 142 cm³/mol. The second-order valence-corrected chi connectivity index (χ2v) is 9.06. The van der Waals surface area contributed by atoms with Crippen molar-refractivity contribution in [2.45, 2.75) is 19.4 Å². The van der Waals surface area contributed by atoms with Crippen molar-refractivity contribution in [3.63, 3.8) is 0 Å². The summed E-state index contributed by atoms with van der Waals surface area (Å²) in [6, 6.07) is 26.3. The Morgan fingerprint density at radius 1 is 1.00 bits per heavy atom. The minimum Gasteiger partial charge on any atom is -0.486 e. The van der Waals surface area contributed by atoms with Gasteiger partial charge in [0.05, 0.1) is 6.10 Å². The number of fused-ring (bicyclic) bond motifs is 1. The third-order valence-corrected chi connectivity index (χ3v) is 6.70. The molecule has 1 aliphatic rings. The number of rotatable bonds is 7. The first-order valence-corrected chi connectivity index (χ1v) is 12.3. The molecule has 0 radical (unpaired) electrons. The number of ether oxygens (including phenoxy) is 2. The molecule has 1 N–H and O–H groups in total. The molecule has 0 amide bonds. The van der Waals surface area contributed by atoms with Crippen molar-refractivity contribution in [3.8, 4) is 11.5 Å². The highest BCUT2D eigenvalue weighted by Crippen LogP contribution is 2.33. The van der Waals surface area contributed by atoms with Crippen LogP contribution < -0.4 is 14.4 Å². The zero-order valence-corrected chi connectivity index (χ0v) is 20.4. The molecule has 5 nitrogen and oxygen atoms in total. The summed E-state index contributed by atoms with van der Waals surface area (Å²) in [5.41, 5.74) is 3.23. The van der Waals surface area contributed by atoms with Crippen LogP contribution in [0.2, 0.25) is 0 Å². The standard InChI is InChI=1S/C28H30N2O3S/c1-21(31)27(20-23-13-14-25-26(19-23)33-18-17-32-25)34-28(30(2)24-11-7-4-8-12-24)29-16-15-22-9-5-3-6-10-22/h3-14,19-21,31H,15-18H2,1-2H3/b27-20-,29-28?. The van der Waals surface area contributed by atoms with E-state index in [4.69, 9.17) is 14.5 Å². The summed E-state index contributed by atoms with van der Waals surface area (Å²) in [5, 5.41) is 11.4. The van der Waals surface area contributed by atoms with E-state index in [2.05, 4.69) is 29.2 Å². The van der Waals surface area contributed by atoms with Gasteiger partial charge in [0.25, 0.3) is 0 Å². The molecule has 0 aliphatic carbocycles. The first-order chi connectivity index (χ1) is 16.6. The minimum atomic E-state index is -0.651. The molecule has 1 unspecified atom stereocenters. The molecular weight excluding hydrogens is 444 g/mol. The molecule has 0 aromatic heterocycles. The molecule has 0 saturated carbocycles. The van der Waals surface area contributed by atoms with Gasteiger partial charge in [0.15, 0.2) is 16.7 Å². The highest BCUT2D eigenvalue weighted by molar-refractivity contribution is 8.17. The van der Waals surface area contributed by atoms with Gasteiger partial charge in [-0.25, -0.2) is 0 Å². The Kier molecular flexibility index (Phi) is 8.28. The van der Waals surface area contributed by atoms with E-state index in [0.29, 0.717) is 19.8 Å². The maximum Gasteiger partial charge on any atom is 0.168 e. The normalized spacial score (nSPS) is 14.6. The molecule has 0 fully saturated rings. The van der Waals surface area contributed by atoms with Crippen molar-refractivity contribution in [3.05, 3.63) is 94.9 Å². The van der Waals surface area contributed by atoms with Gasteiger partial charge in [-0.1, -0.05) is 66.4 Å². The molecule has 34 heavy (non-hydrogen) atoms. The maximum atomic E-state index is 10.6. The summed E-state index contributed by atoms with van der Waals surface area (Å²) in [6.07, 6.45) is 2.18. The first-order valence-electron chi connectivity index (χ1n) is 11.4. The van der Waals surface area contributed by atoms with Crippen LogP contribution in [-0.2, 0) is 6.42 Å². The van der Waals surface area contributed by atoms with Crippen molar-refractivity contribution < 1.29 is 14.6 Å². The molecule has 3 aromatic rings. The number of amidine groups is 1. The number of benzene rings is 3.